The molecule has 1 amide bonds. The van der Waals surface area contributed by atoms with Crippen molar-refractivity contribution in [1.29, 1.82) is 0 Å². The summed E-state index contributed by atoms with van der Waals surface area (Å²) in [5.74, 6) is 0.374. The minimum absolute atomic E-state index is 0.0648. The van der Waals surface area contributed by atoms with Crippen LogP contribution in [0.5, 0.6) is 0 Å². The zero-order valence-corrected chi connectivity index (χ0v) is 11.0. The summed E-state index contributed by atoms with van der Waals surface area (Å²) in [7, 11) is 1.84. The SMILES string of the molecule is CC(C)C(CN)C(=O)N(C)Cc1cccs1. The third-order valence-corrected chi connectivity index (χ3v) is 3.59. The van der Waals surface area contributed by atoms with E-state index in [4.69, 9.17) is 5.73 Å². The number of amides is 1. The highest BCUT2D eigenvalue weighted by Crippen LogP contribution is 2.16. The van der Waals surface area contributed by atoms with Crippen molar-refractivity contribution in [3.05, 3.63) is 22.4 Å². The van der Waals surface area contributed by atoms with E-state index in [1.807, 2.05) is 38.4 Å². The maximum Gasteiger partial charge on any atom is 0.227 e. The van der Waals surface area contributed by atoms with Crippen LogP contribution in [-0.4, -0.2) is 24.4 Å². The average Bonchev–Trinajstić information content (AvgIpc) is 2.70. The molecule has 1 aromatic rings. The average molecular weight is 240 g/mol. The molecule has 0 bridgehead atoms. The Labute approximate surface area is 101 Å². The van der Waals surface area contributed by atoms with Crippen molar-refractivity contribution in [3.63, 3.8) is 0 Å². The molecule has 3 nitrogen and oxygen atoms in total. The number of carbonyl (C=O) groups excluding carboxylic acids is 1. The quantitative estimate of drug-likeness (QED) is 0.855. The normalized spacial score (nSPS) is 12.8. The third-order valence-electron chi connectivity index (χ3n) is 2.73. The molecule has 1 rings (SSSR count). The number of nitrogens with zero attached hydrogens (tertiary/aromatic N) is 1. The number of carbonyl (C=O) groups is 1. The highest BCUT2D eigenvalue weighted by atomic mass is 32.1. The molecular formula is C12H20N2OS. The van der Waals surface area contributed by atoms with E-state index in [2.05, 4.69) is 0 Å². The minimum atomic E-state index is -0.0648. The lowest BCUT2D eigenvalue weighted by atomic mass is 9.94. The van der Waals surface area contributed by atoms with Gasteiger partial charge in [-0.05, 0) is 17.4 Å². The molecule has 0 spiro atoms. The van der Waals surface area contributed by atoms with Gasteiger partial charge in [-0.2, -0.15) is 0 Å². The van der Waals surface area contributed by atoms with E-state index in [1.54, 1.807) is 16.2 Å². The van der Waals surface area contributed by atoms with Crippen molar-refractivity contribution >= 4 is 17.2 Å². The van der Waals surface area contributed by atoms with Gasteiger partial charge < -0.3 is 10.6 Å². The summed E-state index contributed by atoms with van der Waals surface area (Å²) in [6, 6.07) is 4.04. The maximum absolute atomic E-state index is 12.1. The molecular weight excluding hydrogens is 220 g/mol. The van der Waals surface area contributed by atoms with E-state index in [0.29, 0.717) is 19.0 Å². The summed E-state index contributed by atoms with van der Waals surface area (Å²) in [4.78, 5) is 15.1. The van der Waals surface area contributed by atoms with E-state index in [-0.39, 0.29) is 11.8 Å². The van der Waals surface area contributed by atoms with Crippen LogP contribution in [0.4, 0.5) is 0 Å². The summed E-state index contributed by atoms with van der Waals surface area (Å²) >= 11 is 1.67. The maximum atomic E-state index is 12.1. The molecule has 4 heteroatoms. The minimum Gasteiger partial charge on any atom is -0.340 e. The summed E-state index contributed by atoms with van der Waals surface area (Å²) in [6.45, 7) is 5.17. The second-order valence-electron chi connectivity index (χ2n) is 4.36. The summed E-state index contributed by atoms with van der Waals surface area (Å²) in [5.41, 5.74) is 5.64. The van der Waals surface area contributed by atoms with Gasteiger partial charge in [0.05, 0.1) is 12.5 Å². The predicted molar refractivity (Wildman–Crippen MR) is 68.2 cm³/mol. The molecule has 0 aromatic carbocycles. The van der Waals surface area contributed by atoms with Crippen molar-refractivity contribution in [2.75, 3.05) is 13.6 Å². The highest BCUT2D eigenvalue weighted by Gasteiger charge is 2.23. The van der Waals surface area contributed by atoms with Crippen molar-refractivity contribution in [2.45, 2.75) is 20.4 Å². The van der Waals surface area contributed by atoms with E-state index in [1.165, 1.54) is 4.88 Å². The molecule has 2 N–H and O–H groups in total. The van der Waals surface area contributed by atoms with Crippen LogP contribution in [0.15, 0.2) is 17.5 Å². The number of hydrogen-bond donors (Lipinski definition) is 1. The first kappa shape index (κ1) is 13.2. The first-order valence-electron chi connectivity index (χ1n) is 5.53. The monoisotopic (exact) mass is 240 g/mol. The standard InChI is InChI=1S/C12H20N2OS/c1-9(2)11(7-13)12(15)14(3)8-10-5-4-6-16-10/h4-6,9,11H,7-8,13H2,1-3H3. The fourth-order valence-electron chi connectivity index (χ4n) is 1.66. The molecule has 1 heterocycles. The van der Waals surface area contributed by atoms with Crippen molar-refractivity contribution in [2.24, 2.45) is 17.6 Å². The number of thiophene rings is 1. The fraction of sp³-hybridized carbons (Fsp3) is 0.583. The molecule has 1 aromatic heterocycles. The number of nitrogens with two attached hydrogens (primary N) is 1. The molecule has 1 unspecified atom stereocenters. The Kier molecular flexibility index (Phi) is 4.96. The van der Waals surface area contributed by atoms with E-state index >= 15 is 0 Å². The van der Waals surface area contributed by atoms with Crippen LogP contribution >= 0.6 is 11.3 Å². The first-order valence-corrected chi connectivity index (χ1v) is 6.41. The van der Waals surface area contributed by atoms with Gasteiger partial charge in [-0.25, -0.2) is 0 Å². The Morgan fingerprint density at radius 1 is 1.56 bits per heavy atom. The zero-order chi connectivity index (χ0) is 12.1. The van der Waals surface area contributed by atoms with Gasteiger partial charge >= 0.3 is 0 Å². The number of hydrogen-bond acceptors (Lipinski definition) is 3. The summed E-state index contributed by atoms with van der Waals surface area (Å²) in [6.07, 6.45) is 0. The smallest absolute Gasteiger partial charge is 0.227 e. The molecule has 90 valence electrons. The molecule has 0 aliphatic heterocycles. The lowest BCUT2D eigenvalue weighted by Gasteiger charge is -2.24. The second-order valence-corrected chi connectivity index (χ2v) is 5.39. The van der Waals surface area contributed by atoms with E-state index in [0.717, 1.165) is 0 Å². The lowest BCUT2D eigenvalue weighted by molar-refractivity contribution is -0.135. The Morgan fingerprint density at radius 3 is 2.69 bits per heavy atom. The van der Waals surface area contributed by atoms with Crippen LogP contribution in [0.25, 0.3) is 0 Å². The van der Waals surface area contributed by atoms with E-state index in [9.17, 15) is 4.79 Å². The topological polar surface area (TPSA) is 46.3 Å². The van der Waals surface area contributed by atoms with Crippen molar-refractivity contribution < 1.29 is 4.79 Å². The van der Waals surface area contributed by atoms with Crippen molar-refractivity contribution in [1.82, 2.24) is 4.90 Å². The second kappa shape index (κ2) is 6.01. The van der Waals surface area contributed by atoms with Gasteiger partial charge in [0.15, 0.2) is 0 Å². The largest absolute Gasteiger partial charge is 0.340 e. The molecule has 0 radical (unpaired) electrons. The Morgan fingerprint density at radius 2 is 2.25 bits per heavy atom. The highest BCUT2D eigenvalue weighted by molar-refractivity contribution is 7.09. The van der Waals surface area contributed by atoms with Crippen LogP contribution in [-0.2, 0) is 11.3 Å². The van der Waals surface area contributed by atoms with Crippen LogP contribution in [0.1, 0.15) is 18.7 Å². The molecule has 1 atom stereocenters. The Hall–Kier alpha value is -0.870. The summed E-state index contributed by atoms with van der Waals surface area (Å²) < 4.78 is 0. The van der Waals surface area contributed by atoms with Gasteiger partial charge in [0, 0.05) is 18.5 Å². The summed E-state index contributed by atoms with van der Waals surface area (Å²) in [5, 5.41) is 2.02. The molecule has 16 heavy (non-hydrogen) atoms. The molecule has 0 aliphatic carbocycles. The molecule has 0 fully saturated rings. The first-order chi connectivity index (χ1) is 7.56. The van der Waals surface area contributed by atoms with E-state index < -0.39 is 0 Å². The van der Waals surface area contributed by atoms with Gasteiger partial charge in [-0.3, -0.25) is 4.79 Å². The molecule has 0 saturated carbocycles. The Balaban J connectivity index is 2.59. The van der Waals surface area contributed by atoms with Crippen LogP contribution in [0, 0.1) is 11.8 Å². The van der Waals surface area contributed by atoms with Gasteiger partial charge in [0.25, 0.3) is 0 Å². The lowest BCUT2D eigenvalue weighted by Crippen LogP contribution is -2.38. The van der Waals surface area contributed by atoms with Crippen LogP contribution < -0.4 is 5.73 Å². The zero-order valence-electron chi connectivity index (χ0n) is 10.1. The van der Waals surface area contributed by atoms with Crippen LogP contribution in [0.2, 0.25) is 0 Å². The van der Waals surface area contributed by atoms with Crippen molar-refractivity contribution in [3.8, 4) is 0 Å². The number of rotatable bonds is 5. The molecule has 0 aliphatic rings. The van der Waals surface area contributed by atoms with Gasteiger partial charge in [-0.15, -0.1) is 11.3 Å². The Bertz CT molecular complexity index is 322. The van der Waals surface area contributed by atoms with Crippen LogP contribution in [0.3, 0.4) is 0 Å². The molecule has 0 saturated heterocycles. The van der Waals surface area contributed by atoms with Gasteiger partial charge in [0.1, 0.15) is 0 Å². The fourth-order valence-corrected chi connectivity index (χ4v) is 2.41. The third kappa shape index (κ3) is 3.32. The van der Waals surface area contributed by atoms with Gasteiger partial charge in [0.2, 0.25) is 5.91 Å². The predicted octanol–water partition coefficient (Wildman–Crippen LogP) is 1.94. The van der Waals surface area contributed by atoms with Gasteiger partial charge in [-0.1, -0.05) is 19.9 Å².